The van der Waals surface area contributed by atoms with Gasteiger partial charge in [-0.15, -0.1) is 0 Å². The molecule has 0 atom stereocenters. The molecule has 5 nitrogen and oxygen atoms in total. The highest BCUT2D eigenvalue weighted by Gasteiger charge is 2.34. The molecule has 3 N–H and O–H groups in total. The molecule has 0 bridgehead atoms. The number of nitrogens with zero attached hydrogens (tertiary/aromatic N) is 2. The molecule has 1 aromatic carbocycles. The Bertz CT molecular complexity index is 658. The number of halogens is 3. The first-order chi connectivity index (χ1) is 9.79. The minimum atomic E-state index is -4.62. The Balaban J connectivity index is 2.39. The van der Waals surface area contributed by atoms with Crippen LogP contribution in [-0.2, 0) is 6.18 Å². The highest BCUT2D eigenvalue weighted by molar-refractivity contribution is 5.39. The number of hydrazine groups is 1. The van der Waals surface area contributed by atoms with Crippen LogP contribution in [0.15, 0.2) is 24.3 Å². The van der Waals surface area contributed by atoms with Crippen LogP contribution in [0.2, 0.25) is 0 Å². The zero-order chi connectivity index (χ0) is 15.6. The van der Waals surface area contributed by atoms with Gasteiger partial charge in [-0.25, -0.2) is 10.8 Å². The van der Waals surface area contributed by atoms with E-state index in [4.69, 9.17) is 10.6 Å². The van der Waals surface area contributed by atoms with E-state index in [9.17, 15) is 13.2 Å². The summed E-state index contributed by atoms with van der Waals surface area (Å²) in [5, 5.41) is 0. The molecule has 0 unspecified atom stereocenters. The molecule has 2 aromatic rings. The van der Waals surface area contributed by atoms with Crippen molar-refractivity contribution < 1.29 is 17.9 Å². The van der Waals surface area contributed by atoms with Crippen molar-refractivity contribution in [3.63, 3.8) is 0 Å². The molecule has 0 spiro atoms. The van der Waals surface area contributed by atoms with Gasteiger partial charge >= 0.3 is 6.18 Å². The third-order valence-electron chi connectivity index (χ3n) is 2.67. The second-order valence-corrected chi connectivity index (χ2v) is 4.43. The molecular formula is C13H13F3N4O. The smallest absolute Gasteiger partial charge is 0.433 e. The van der Waals surface area contributed by atoms with E-state index < -0.39 is 11.9 Å². The van der Waals surface area contributed by atoms with E-state index in [1.54, 1.807) is 19.1 Å². The van der Waals surface area contributed by atoms with Gasteiger partial charge < -0.3 is 4.74 Å². The van der Waals surface area contributed by atoms with Crippen molar-refractivity contribution in [2.45, 2.75) is 20.0 Å². The lowest BCUT2D eigenvalue weighted by Crippen LogP contribution is -2.15. The van der Waals surface area contributed by atoms with Gasteiger partial charge in [0.15, 0.2) is 5.69 Å². The van der Waals surface area contributed by atoms with E-state index in [0.717, 1.165) is 17.2 Å². The van der Waals surface area contributed by atoms with Gasteiger partial charge in [0, 0.05) is 6.07 Å². The largest absolute Gasteiger partial charge is 0.439 e. The summed E-state index contributed by atoms with van der Waals surface area (Å²) in [4.78, 5) is 7.00. The lowest BCUT2D eigenvalue weighted by Gasteiger charge is -2.12. The number of benzene rings is 1. The van der Waals surface area contributed by atoms with Crippen LogP contribution in [0.25, 0.3) is 0 Å². The van der Waals surface area contributed by atoms with Crippen molar-refractivity contribution in [3.8, 4) is 11.6 Å². The average Bonchev–Trinajstić information content (AvgIpc) is 2.40. The summed E-state index contributed by atoms with van der Waals surface area (Å²) in [6, 6.07) is 6.02. The minimum absolute atomic E-state index is 0.239. The first kappa shape index (κ1) is 15.0. The predicted molar refractivity (Wildman–Crippen MR) is 70.8 cm³/mol. The van der Waals surface area contributed by atoms with E-state index in [0.29, 0.717) is 5.75 Å². The Labute approximate surface area is 118 Å². The quantitative estimate of drug-likeness (QED) is 0.672. The topological polar surface area (TPSA) is 73.1 Å². The fourth-order valence-corrected chi connectivity index (χ4v) is 1.71. The fraction of sp³-hybridized carbons (Fsp3) is 0.231. The zero-order valence-corrected chi connectivity index (χ0v) is 11.3. The van der Waals surface area contributed by atoms with Crippen molar-refractivity contribution in [2.24, 2.45) is 5.84 Å². The number of nitrogens with one attached hydrogen (secondary N) is 1. The number of aryl methyl sites for hydroxylation is 2. The maximum Gasteiger partial charge on any atom is 0.433 e. The molecular weight excluding hydrogens is 285 g/mol. The number of aromatic nitrogens is 2. The van der Waals surface area contributed by atoms with Crippen LogP contribution in [0.1, 0.15) is 16.8 Å². The summed E-state index contributed by atoms with van der Waals surface area (Å²) in [7, 11) is 0. The molecule has 2 rings (SSSR count). The van der Waals surface area contributed by atoms with Crippen molar-refractivity contribution in [3.05, 3.63) is 41.1 Å². The molecule has 8 heteroatoms. The van der Waals surface area contributed by atoms with Crippen LogP contribution in [-0.4, -0.2) is 9.97 Å². The second-order valence-electron chi connectivity index (χ2n) is 4.43. The van der Waals surface area contributed by atoms with Crippen molar-refractivity contribution in [1.82, 2.24) is 9.97 Å². The van der Waals surface area contributed by atoms with Gasteiger partial charge in [-0.2, -0.15) is 18.2 Å². The van der Waals surface area contributed by atoms with Crippen LogP contribution in [0.4, 0.5) is 19.1 Å². The van der Waals surface area contributed by atoms with Gasteiger partial charge in [0.2, 0.25) is 11.8 Å². The van der Waals surface area contributed by atoms with E-state index in [1.807, 2.05) is 18.4 Å². The number of nitrogen functional groups attached to an aromatic ring is 1. The monoisotopic (exact) mass is 298 g/mol. The summed E-state index contributed by atoms with van der Waals surface area (Å²) in [5.74, 6) is 4.88. The maximum atomic E-state index is 12.7. The van der Waals surface area contributed by atoms with Gasteiger partial charge in [-0.1, -0.05) is 17.7 Å². The van der Waals surface area contributed by atoms with Crippen LogP contribution < -0.4 is 16.0 Å². The van der Waals surface area contributed by atoms with E-state index >= 15 is 0 Å². The molecule has 0 saturated carbocycles. The SMILES string of the molecule is Cc1ccc(Oc2cc(C(F)(F)F)nc(NN)n2)c(C)c1. The van der Waals surface area contributed by atoms with E-state index in [1.165, 1.54) is 0 Å². The molecule has 1 aromatic heterocycles. The third kappa shape index (κ3) is 3.60. The Morgan fingerprint density at radius 1 is 1.14 bits per heavy atom. The van der Waals surface area contributed by atoms with Crippen LogP contribution >= 0.6 is 0 Å². The molecule has 112 valence electrons. The Morgan fingerprint density at radius 2 is 1.86 bits per heavy atom. The highest BCUT2D eigenvalue weighted by Crippen LogP contribution is 2.32. The predicted octanol–water partition coefficient (Wildman–Crippen LogP) is 3.19. The molecule has 0 amide bonds. The number of hydrogen-bond acceptors (Lipinski definition) is 5. The van der Waals surface area contributed by atoms with Gasteiger partial charge in [-0.3, -0.25) is 5.43 Å². The van der Waals surface area contributed by atoms with Crippen LogP contribution in [0.3, 0.4) is 0 Å². The molecule has 21 heavy (non-hydrogen) atoms. The van der Waals surface area contributed by atoms with Crippen molar-refractivity contribution in [1.29, 1.82) is 0 Å². The molecule has 0 radical (unpaired) electrons. The minimum Gasteiger partial charge on any atom is -0.439 e. The number of ether oxygens (including phenoxy) is 1. The molecule has 0 saturated heterocycles. The number of hydrogen-bond donors (Lipinski definition) is 2. The number of anilines is 1. The van der Waals surface area contributed by atoms with Crippen LogP contribution in [0.5, 0.6) is 11.6 Å². The second kappa shape index (κ2) is 5.57. The summed E-state index contributed by atoms with van der Waals surface area (Å²) >= 11 is 0. The zero-order valence-electron chi connectivity index (χ0n) is 11.3. The standard InChI is InChI=1S/C13H13F3N4O/c1-7-3-4-9(8(2)5-7)21-11-6-10(13(14,15)16)18-12(19-11)20-17/h3-6H,17H2,1-2H3,(H,18,19,20). The van der Waals surface area contributed by atoms with Gasteiger partial charge in [-0.05, 0) is 25.5 Å². The van der Waals surface area contributed by atoms with Gasteiger partial charge in [0.25, 0.3) is 0 Å². The number of nitrogens with two attached hydrogens (primary N) is 1. The first-order valence-corrected chi connectivity index (χ1v) is 5.97. The lowest BCUT2D eigenvalue weighted by molar-refractivity contribution is -0.141. The molecule has 0 aliphatic heterocycles. The number of alkyl halides is 3. The third-order valence-corrected chi connectivity index (χ3v) is 2.67. The maximum absolute atomic E-state index is 12.7. The normalized spacial score (nSPS) is 11.3. The van der Waals surface area contributed by atoms with Crippen LogP contribution in [0, 0.1) is 13.8 Å². The van der Waals surface area contributed by atoms with Crippen molar-refractivity contribution >= 4 is 5.95 Å². The molecule has 1 heterocycles. The summed E-state index contributed by atoms with van der Waals surface area (Å²) in [6.45, 7) is 3.69. The molecule has 0 fully saturated rings. The molecule has 0 aliphatic rings. The number of rotatable bonds is 3. The Morgan fingerprint density at radius 3 is 2.43 bits per heavy atom. The highest BCUT2D eigenvalue weighted by atomic mass is 19.4. The Kier molecular flexibility index (Phi) is 3.99. The lowest BCUT2D eigenvalue weighted by atomic mass is 10.1. The summed E-state index contributed by atoms with van der Waals surface area (Å²) in [6.07, 6.45) is -4.62. The summed E-state index contributed by atoms with van der Waals surface area (Å²) in [5.41, 5.74) is 2.65. The van der Waals surface area contributed by atoms with Gasteiger partial charge in [0.05, 0.1) is 0 Å². The van der Waals surface area contributed by atoms with E-state index in [2.05, 4.69) is 9.97 Å². The first-order valence-electron chi connectivity index (χ1n) is 5.97. The fourth-order valence-electron chi connectivity index (χ4n) is 1.71. The molecule has 0 aliphatic carbocycles. The van der Waals surface area contributed by atoms with Crippen molar-refractivity contribution in [2.75, 3.05) is 5.43 Å². The van der Waals surface area contributed by atoms with Gasteiger partial charge in [0.1, 0.15) is 5.75 Å². The average molecular weight is 298 g/mol. The Hall–Kier alpha value is -2.35. The van der Waals surface area contributed by atoms with E-state index in [-0.39, 0.29) is 11.8 Å². The summed E-state index contributed by atoms with van der Waals surface area (Å²) < 4.78 is 43.6.